The Labute approximate surface area is 258 Å². The molecule has 12 heteroatoms. The van der Waals surface area contributed by atoms with Gasteiger partial charge in [-0.1, -0.05) is 32.0 Å². The number of anilines is 3. The number of piperazine rings is 1. The molecular weight excluding hydrogens is 576 g/mol. The third kappa shape index (κ3) is 5.90. The first-order valence-electron chi connectivity index (χ1n) is 15.1. The van der Waals surface area contributed by atoms with Crippen molar-refractivity contribution in [3.05, 3.63) is 71.2 Å². The van der Waals surface area contributed by atoms with Crippen LogP contribution < -0.4 is 19.4 Å². The van der Waals surface area contributed by atoms with Crippen LogP contribution >= 0.6 is 0 Å². The number of ether oxygens (including phenoxy) is 1. The van der Waals surface area contributed by atoms with E-state index >= 15 is 0 Å². The normalized spacial score (nSPS) is 15.2. The SMILES string of the molecule is CCc1cccc(CC)c1-c1nc(C)c(CN2CCOc3ccc(S(C)(=O)=O)nc32)c(N2CCN(c3ncccn3)CC2)n1. The van der Waals surface area contributed by atoms with Gasteiger partial charge in [0, 0.05) is 61.6 Å². The van der Waals surface area contributed by atoms with E-state index in [4.69, 9.17) is 14.7 Å². The molecule has 3 aromatic heterocycles. The summed E-state index contributed by atoms with van der Waals surface area (Å²) in [6.45, 7) is 10.9. The number of fused-ring (bicyclic) bond motifs is 1. The molecule has 0 amide bonds. The van der Waals surface area contributed by atoms with Gasteiger partial charge >= 0.3 is 0 Å². The van der Waals surface area contributed by atoms with Gasteiger partial charge < -0.3 is 19.4 Å². The van der Waals surface area contributed by atoms with Gasteiger partial charge in [-0.2, -0.15) is 0 Å². The molecule has 2 aliphatic heterocycles. The van der Waals surface area contributed by atoms with Crippen LogP contribution in [0.3, 0.4) is 0 Å². The predicted molar refractivity (Wildman–Crippen MR) is 171 cm³/mol. The molecular formula is C32H38N8O3S. The summed E-state index contributed by atoms with van der Waals surface area (Å²) >= 11 is 0. The molecule has 11 nitrogen and oxygen atoms in total. The van der Waals surface area contributed by atoms with Crippen LogP contribution in [0.2, 0.25) is 0 Å². The summed E-state index contributed by atoms with van der Waals surface area (Å²) in [7, 11) is -3.48. The van der Waals surface area contributed by atoms with E-state index in [9.17, 15) is 8.42 Å². The van der Waals surface area contributed by atoms with E-state index in [0.29, 0.717) is 31.3 Å². The second kappa shape index (κ2) is 12.4. The second-order valence-corrected chi connectivity index (χ2v) is 13.1. The van der Waals surface area contributed by atoms with Gasteiger partial charge in [0.2, 0.25) is 5.95 Å². The molecule has 2 aliphatic rings. The fraction of sp³-hybridized carbons (Fsp3) is 0.406. The minimum absolute atomic E-state index is 0.0258. The zero-order valence-electron chi connectivity index (χ0n) is 25.7. The summed E-state index contributed by atoms with van der Waals surface area (Å²) in [6, 6.07) is 11.5. The van der Waals surface area contributed by atoms with Crippen molar-refractivity contribution in [3.63, 3.8) is 0 Å². The minimum Gasteiger partial charge on any atom is -0.488 e. The third-order valence-electron chi connectivity index (χ3n) is 8.29. The van der Waals surface area contributed by atoms with Crippen LogP contribution in [0.4, 0.5) is 17.6 Å². The quantitative estimate of drug-likeness (QED) is 0.288. The number of benzene rings is 1. The van der Waals surface area contributed by atoms with E-state index in [1.807, 2.05) is 13.0 Å². The average Bonchev–Trinajstić information content (AvgIpc) is 3.05. The summed E-state index contributed by atoms with van der Waals surface area (Å²) in [4.78, 5) is 30.5. The fourth-order valence-electron chi connectivity index (χ4n) is 5.92. The maximum absolute atomic E-state index is 12.3. The Hall–Kier alpha value is -4.32. The molecule has 6 rings (SSSR count). The van der Waals surface area contributed by atoms with Crippen LogP contribution in [-0.2, 0) is 29.2 Å². The molecule has 0 saturated carbocycles. The zero-order valence-corrected chi connectivity index (χ0v) is 26.5. The van der Waals surface area contributed by atoms with Crippen molar-refractivity contribution in [2.24, 2.45) is 0 Å². The summed E-state index contributed by atoms with van der Waals surface area (Å²) in [5, 5.41) is 0.0258. The third-order valence-corrected chi connectivity index (χ3v) is 9.28. The fourth-order valence-corrected chi connectivity index (χ4v) is 6.49. The summed E-state index contributed by atoms with van der Waals surface area (Å²) in [5.74, 6) is 3.45. The van der Waals surface area contributed by atoms with Crippen molar-refractivity contribution in [3.8, 4) is 17.1 Å². The maximum Gasteiger partial charge on any atom is 0.225 e. The molecule has 0 N–H and O–H groups in total. The van der Waals surface area contributed by atoms with Crippen LogP contribution in [0.1, 0.15) is 36.2 Å². The maximum atomic E-state index is 12.3. The minimum atomic E-state index is -3.48. The Kier molecular flexibility index (Phi) is 8.35. The van der Waals surface area contributed by atoms with E-state index in [2.05, 4.69) is 61.7 Å². The second-order valence-electron chi connectivity index (χ2n) is 11.1. The first-order valence-corrected chi connectivity index (χ1v) is 17.0. The van der Waals surface area contributed by atoms with Crippen molar-refractivity contribution >= 4 is 27.4 Å². The van der Waals surface area contributed by atoms with Crippen LogP contribution in [0, 0.1) is 6.92 Å². The number of sulfone groups is 1. The van der Waals surface area contributed by atoms with Crippen molar-refractivity contribution in [2.45, 2.75) is 45.2 Å². The molecule has 1 saturated heterocycles. The Morgan fingerprint density at radius 1 is 0.818 bits per heavy atom. The molecule has 0 unspecified atom stereocenters. The number of nitrogens with zero attached hydrogens (tertiary/aromatic N) is 8. The first kappa shape index (κ1) is 29.7. The molecule has 0 bridgehead atoms. The van der Waals surface area contributed by atoms with Crippen LogP contribution in [-0.4, -0.2) is 78.9 Å². The van der Waals surface area contributed by atoms with E-state index in [-0.39, 0.29) is 5.03 Å². The lowest BCUT2D eigenvalue weighted by Gasteiger charge is -2.37. The lowest BCUT2D eigenvalue weighted by atomic mass is 9.96. The highest BCUT2D eigenvalue weighted by Crippen LogP contribution is 2.35. The van der Waals surface area contributed by atoms with Gasteiger partial charge in [0.15, 0.2) is 32.3 Å². The van der Waals surface area contributed by atoms with Crippen LogP contribution in [0.5, 0.6) is 5.75 Å². The zero-order chi connectivity index (χ0) is 30.8. The molecule has 0 radical (unpaired) electrons. The smallest absolute Gasteiger partial charge is 0.225 e. The Bertz CT molecular complexity index is 1740. The summed E-state index contributed by atoms with van der Waals surface area (Å²) in [6.07, 6.45) is 6.48. The van der Waals surface area contributed by atoms with Crippen molar-refractivity contribution in [1.82, 2.24) is 24.9 Å². The number of aromatic nitrogens is 5. The predicted octanol–water partition coefficient (Wildman–Crippen LogP) is 3.89. The van der Waals surface area contributed by atoms with E-state index in [1.54, 1.807) is 18.5 Å². The van der Waals surface area contributed by atoms with Crippen molar-refractivity contribution in [2.75, 3.05) is 60.3 Å². The van der Waals surface area contributed by atoms with Crippen molar-refractivity contribution < 1.29 is 13.2 Å². The molecule has 0 aliphatic carbocycles. The number of hydrogen-bond donors (Lipinski definition) is 0. The molecule has 1 fully saturated rings. The molecule has 4 aromatic rings. The van der Waals surface area contributed by atoms with Gasteiger partial charge in [-0.25, -0.2) is 33.3 Å². The highest BCUT2D eigenvalue weighted by Gasteiger charge is 2.29. The van der Waals surface area contributed by atoms with Gasteiger partial charge in [-0.15, -0.1) is 0 Å². The Morgan fingerprint density at radius 3 is 2.16 bits per heavy atom. The van der Waals surface area contributed by atoms with Gasteiger partial charge in [0.25, 0.3) is 0 Å². The van der Waals surface area contributed by atoms with Gasteiger partial charge in [-0.05, 0) is 49.1 Å². The summed E-state index contributed by atoms with van der Waals surface area (Å²) in [5.41, 5.74) is 5.45. The summed E-state index contributed by atoms with van der Waals surface area (Å²) < 4.78 is 30.5. The average molecular weight is 615 g/mol. The first-order chi connectivity index (χ1) is 21.3. The lowest BCUT2D eigenvalue weighted by Crippen LogP contribution is -2.48. The number of aryl methyl sites for hydroxylation is 3. The van der Waals surface area contributed by atoms with Crippen molar-refractivity contribution in [1.29, 1.82) is 0 Å². The molecule has 5 heterocycles. The standard InChI is InChI=1S/C32H38N8O3S/c1-5-23-9-7-10-24(6-2)28(23)29-35-22(3)25(21-40-19-20-43-26-11-12-27(36-31(26)40)44(4,41)42)30(37-29)38-15-17-39(18-16-38)32-33-13-8-14-34-32/h7-14H,5-6,15-21H2,1-4H3. The highest BCUT2D eigenvalue weighted by atomic mass is 32.2. The molecule has 44 heavy (non-hydrogen) atoms. The topological polar surface area (TPSA) is 118 Å². The Balaban J connectivity index is 1.42. The van der Waals surface area contributed by atoms with Gasteiger partial charge in [0.05, 0.1) is 13.1 Å². The Morgan fingerprint density at radius 2 is 1.50 bits per heavy atom. The van der Waals surface area contributed by atoms with Gasteiger partial charge in [0.1, 0.15) is 12.4 Å². The number of rotatable bonds is 8. The molecule has 1 aromatic carbocycles. The molecule has 0 spiro atoms. The van der Waals surface area contributed by atoms with E-state index < -0.39 is 9.84 Å². The van der Waals surface area contributed by atoms with E-state index in [1.165, 1.54) is 23.4 Å². The monoisotopic (exact) mass is 614 g/mol. The van der Waals surface area contributed by atoms with Crippen LogP contribution in [0.15, 0.2) is 53.8 Å². The van der Waals surface area contributed by atoms with E-state index in [0.717, 1.165) is 73.4 Å². The number of hydrogen-bond acceptors (Lipinski definition) is 11. The molecule has 0 atom stereocenters. The molecule has 230 valence electrons. The van der Waals surface area contributed by atoms with Crippen LogP contribution in [0.25, 0.3) is 11.4 Å². The largest absolute Gasteiger partial charge is 0.488 e. The van der Waals surface area contributed by atoms with Gasteiger partial charge in [-0.3, -0.25) is 0 Å². The number of pyridine rings is 1. The lowest BCUT2D eigenvalue weighted by molar-refractivity contribution is 0.303. The highest BCUT2D eigenvalue weighted by molar-refractivity contribution is 7.90.